The van der Waals surface area contributed by atoms with Gasteiger partial charge in [-0.3, -0.25) is 4.79 Å². The number of benzene rings is 2. The zero-order valence-electron chi connectivity index (χ0n) is 12.4. The van der Waals surface area contributed by atoms with Crippen LogP contribution in [0.4, 0.5) is 4.39 Å². The standard InChI is InChI=1S/C17H15FINO3/c1-23-17(22)15(10-11-5-4-6-12(19)9-11)20-16(21)13-7-2-3-8-14(13)18/h2-9,15H,10H2,1H3,(H,20,21)/t15-/m1/s1. The number of amides is 1. The van der Waals surface area contributed by atoms with E-state index in [2.05, 4.69) is 27.9 Å². The summed E-state index contributed by atoms with van der Waals surface area (Å²) in [5, 5.41) is 2.54. The Balaban J connectivity index is 2.17. The van der Waals surface area contributed by atoms with Crippen molar-refractivity contribution in [2.45, 2.75) is 12.5 Å². The lowest BCUT2D eigenvalue weighted by Crippen LogP contribution is -2.43. The zero-order valence-corrected chi connectivity index (χ0v) is 14.5. The van der Waals surface area contributed by atoms with Crippen LogP contribution < -0.4 is 5.32 Å². The minimum atomic E-state index is -0.884. The van der Waals surface area contributed by atoms with Crippen LogP contribution in [0.2, 0.25) is 0 Å². The highest BCUT2D eigenvalue weighted by molar-refractivity contribution is 14.1. The van der Waals surface area contributed by atoms with Crippen LogP contribution in [0, 0.1) is 9.39 Å². The highest BCUT2D eigenvalue weighted by Crippen LogP contribution is 2.12. The Hall–Kier alpha value is -1.96. The molecular weight excluding hydrogens is 412 g/mol. The van der Waals surface area contributed by atoms with Gasteiger partial charge in [0, 0.05) is 9.99 Å². The van der Waals surface area contributed by atoms with Crippen molar-refractivity contribution in [3.05, 3.63) is 69.0 Å². The minimum absolute atomic E-state index is 0.107. The molecule has 6 heteroatoms. The Morgan fingerprint density at radius 1 is 1.22 bits per heavy atom. The Bertz CT molecular complexity index is 720. The van der Waals surface area contributed by atoms with Crippen LogP contribution in [0.15, 0.2) is 48.5 Å². The van der Waals surface area contributed by atoms with Gasteiger partial charge in [0.15, 0.2) is 0 Å². The summed E-state index contributed by atoms with van der Waals surface area (Å²) in [6.07, 6.45) is 0.268. The van der Waals surface area contributed by atoms with E-state index in [1.807, 2.05) is 24.3 Å². The molecule has 0 unspecified atom stereocenters. The molecular formula is C17H15FINO3. The molecule has 2 aromatic carbocycles. The predicted molar refractivity (Wildman–Crippen MR) is 92.5 cm³/mol. The zero-order chi connectivity index (χ0) is 16.8. The van der Waals surface area contributed by atoms with Crippen molar-refractivity contribution in [1.29, 1.82) is 0 Å². The highest BCUT2D eigenvalue weighted by Gasteiger charge is 2.23. The predicted octanol–water partition coefficient (Wildman–Crippen LogP) is 2.94. The number of hydrogen-bond acceptors (Lipinski definition) is 3. The van der Waals surface area contributed by atoms with Crippen LogP contribution in [0.3, 0.4) is 0 Å². The first-order chi connectivity index (χ1) is 11.0. The molecule has 2 aromatic rings. The topological polar surface area (TPSA) is 55.4 Å². The molecule has 0 aliphatic carbocycles. The van der Waals surface area contributed by atoms with Crippen molar-refractivity contribution < 1.29 is 18.7 Å². The Morgan fingerprint density at radius 3 is 2.61 bits per heavy atom. The third-order valence-electron chi connectivity index (χ3n) is 3.24. The first kappa shape index (κ1) is 17.4. The minimum Gasteiger partial charge on any atom is -0.467 e. The molecule has 23 heavy (non-hydrogen) atoms. The summed E-state index contributed by atoms with van der Waals surface area (Å²) in [5.41, 5.74) is 0.769. The summed E-state index contributed by atoms with van der Waals surface area (Å²) in [4.78, 5) is 24.1. The van der Waals surface area contributed by atoms with Crippen LogP contribution in [0.25, 0.3) is 0 Å². The second kappa shape index (κ2) is 8.05. The maximum absolute atomic E-state index is 13.7. The molecule has 0 heterocycles. The number of methoxy groups -OCH3 is 1. The molecule has 0 bridgehead atoms. The lowest BCUT2D eigenvalue weighted by molar-refractivity contribution is -0.142. The number of ether oxygens (including phenoxy) is 1. The van der Waals surface area contributed by atoms with Gasteiger partial charge in [0.2, 0.25) is 0 Å². The molecule has 0 spiro atoms. The van der Waals surface area contributed by atoms with E-state index in [1.165, 1.54) is 25.3 Å². The molecule has 0 radical (unpaired) electrons. The SMILES string of the molecule is COC(=O)[C@@H](Cc1cccc(I)c1)NC(=O)c1ccccc1F. The van der Waals surface area contributed by atoms with Crippen molar-refractivity contribution in [1.82, 2.24) is 5.32 Å². The number of halogens is 2. The van der Waals surface area contributed by atoms with Gasteiger partial charge in [-0.2, -0.15) is 0 Å². The van der Waals surface area contributed by atoms with Crippen molar-refractivity contribution in [2.75, 3.05) is 7.11 Å². The summed E-state index contributed by atoms with van der Waals surface area (Å²) < 4.78 is 19.4. The molecule has 0 saturated heterocycles. The fourth-order valence-corrected chi connectivity index (χ4v) is 2.72. The summed E-state index contributed by atoms with van der Waals surface area (Å²) in [6, 6.07) is 12.3. The van der Waals surface area contributed by atoms with E-state index in [0.29, 0.717) is 0 Å². The van der Waals surface area contributed by atoms with Crippen molar-refractivity contribution in [3.63, 3.8) is 0 Å². The van der Waals surface area contributed by atoms with E-state index in [-0.39, 0.29) is 12.0 Å². The monoisotopic (exact) mass is 427 g/mol. The number of nitrogens with one attached hydrogen (secondary N) is 1. The van der Waals surface area contributed by atoms with Crippen LogP contribution in [-0.4, -0.2) is 25.0 Å². The van der Waals surface area contributed by atoms with Gasteiger partial charge in [-0.25, -0.2) is 9.18 Å². The van der Waals surface area contributed by atoms with Crippen LogP contribution in [-0.2, 0) is 16.0 Å². The number of hydrogen-bond donors (Lipinski definition) is 1. The van der Waals surface area contributed by atoms with E-state index in [4.69, 9.17) is 4.74 Å². The number of esters is 1. The van der Waals surface area contributed by atoms with E-state index in [1.54, 1.807) is 6.07 Å². The third kappa shape index (κ3) is 4.75. The van der Waals surface area contributed by atoms with Crippen molar-refractivity contribution >= 4 is 34.5 Å². The fourth-order valence-electron chi connectivity index (χ4n) is 2.12. The molecule has 120 valence electrons. The van der Waals surface area contributed by atoms with Crippen LogP contribution in [0.5, 0.6) is 0 Å². The van der Waals surface area contributed by atoms with Crippen molar-refractivity contribution in [2.24, 2.45) is 0 Å². The maximum Gasteiger partial charge on any atom is 0.328 e. The van der Waals surface area contributed by atoms with E-state index < -0.39 is 23.7 Å². The molecule has 0 fully saturated rings. The summed E-state index contributed by atoms with van der Waals surface area (Å²) in [7, 11) is 1.25. The summed E-state index contributed by atoms with van der Waals surface area (Å²) in [5.74, 6) is -1.86. The molecule has 1 atom stereocenters. The molecule has 1 amide bonds. The van der Waals surface area contributed by atoms with Gasteiger partial charge in [0.25, 0.3) is 5.91 Å². The van der Waals surface area contributed by atoms with Gasteiger partial charge < -0.3 is 10.1 Å². The second-order valence-corrected chi connectivity index (χ2v) is 6.11. The van der Waals surface area contributed by atoms with Crippen molar-refractivity contribution in [3.8, 4) is 0 Å². The summed E-state index contributed by atoms with van der Waals surface area (Å²) >= 11 is 2.16. The average Bonchev–Trinajstić information content (AvgIpc) is 2.54. The number of carbonyl (C=O) groups excluding carboxylic acids is 2. The first-order valence-corrected chi connectivity index (χ1v) is 7.97. The van der Waals surface area contributed by atoms with E-state index in [0.717, 1.165) is 9.13 Å². The normalized spacial score (nSPS) is 11.6. The first-order valence-electron chi connectivity index (χ1n) is 6.89. The Kier molecular flexibility index (Phi) is 6.09. The molecule has 0 saturated carbocycles. The largest absolute Gasteiger partial charge is 0.467 e. The molecule has 4 nitrogen and oxygen atoms in total. The fraction of sp³-hybridized carbons (Fsp3) is 0.176. The van der Waals surface area contributed by atoms with Crippen LogP contribution in [0.1, 0.15) is 15.9 Å². The molecule has 0 aromatic heterocycles. The van der Waals surface area contributed by atoms with Gasteiger partial charge in [-0.15, -0.1) is 0 Å². The Labute approximate surface area is 147 Å². The number of rotatable bonds is 5. The van der Waals surface area contributed by atoms with Crippen LogP contribution >= 0.6 is 22.6 Å². The van der Waals surface area contributed by atoms with Gasteiger partial charge in [0.1, 0.15) is 11.9 Å². The third-order valence-corrected chi connectivity index (χ3v) is 3.91. The lowest BCUT2D eigenvalue weighted by Gasteiger charge is -2.17. The van der Waals surface area contributed by atoms with E-state index in [9.17, 15) is 14.0 Å². The average molecular weight is 427 g/mol. The van der Waals surface area contributed by atoms with Gasteiger partial charge in [-0.05, 0) is 52.4 Å². The smallest absolute Gasteiger partial charge is 0.328 e. The van der Waals surface area contributed by atoms with Gasteiger partial charge in [-0.1, -0.05) is 24.3 Å². The molecule has 2 rings (SSSR count). The molecule has 0 aliphatic rings. The van der Waals surface area contributed by atoms with E-state index >= 15 is 0 Å². The molecule has 0 aliphatic heterocycles. The number of carbonyl (C=O) groups is 2. The highest BCUT2D eigenvalue weighted by atomic mass is 127. The quantitative estimate of drug-likeness (QED) is 0.590. The Morgan fingerprint density at radius 2 is 1.96 bits per heavy atom. The van der Waals surface area contributed by atoms with Gasteiger partial charge in [0.05, 0.1) is 12.7 Å². The van der Waals surface area contributed by atoms with Gasteiger partial charge >= 0.3 is 5.97 Å². The summed E-state index contributed by atoms with van der Waals surface area (Å²) in [6.45, 7) is 0. The maximum atomic E-state index is 13.7. The lowest BCUT2D eigenvalue weighted by atomic mass is 10.1. The molecule has 1 N–H and O–H groups in total. The second-order valence-electron chi connectivity index (χ2n) is 4.86.